The van der Waals surface area contributed by atoms with Gasteiger partial charge in [-0.1, -0.05) is 0 Å². The number of ether oxygens (including phenoxy) is 2. The highest BCUT2D eigenvalue weighted by Gasteiger charge is 2.13. The number of benzene rings is 1. The number of methoxy groups -OCH3 is 1. The molecule has 0 aromatic heterocycles. The number of hydrogen-bond acceptors (Lipinski definition) is 6. The van der Waals surface area contributed by atoms with Gasteiger partial charge in [0, 0.05) is 0 Å². The first-order valence-electron chi connectivity index (χ1n) is 5.53. The minimum Gasteiger partial charge on any atom is -0.495 e. The third-order valence-corrected chi connectivity index (χ3v) is 2.21. The topological polar surface area (TPSA) is 128 Å². The van der Waals surface area contributed by atoms with Gasteiger partial charge in [-0.2, -0.15) is 0 Å². The number of hydrogen-bond donors (Lipinski definition) is 3. The van der Waals surface area contributed by atoms with Crippen LogP contribution in [0.3, 0.4) is 0 Å². The molecule has 0 aliphatic rings. The molecule has 0 aliphatic carbocycles. The molecule has 108 valence electrons. The number of esters is 1. The SMILES string of the molecule is COc1ccc(C(=O)OCC(=O)O)cc1NCC(N)=O. The third kappa shape index (κ3) is 4.48. The Hall–Kier alpha value is -2.77. The third-order valence-electron chi connectivity index (χ3n) is 2.21. The smallest absolute Gasteiger partial charge is 0.341 e. The number of primary amides is 1. The number of anilines is 1. The van der Waals surface area contributed by atoms with E-state index in [1.165, 1.54) is 25.3 Å². The molecule has 1 amide bonds. The maximum Gasteiger partial charge on any atom is 0.341 e. The van der Waals surface area contributed by atoms with Crippen molar-refractivity contribution in [1.82, 2.24) is 0 Å². The van der Waals surface area contributed by atoms with Gasteiger partial charge >= 0.3 is 11.9 Å². The van der Waals surface area contributed by atoms with Crippen molar-refractivity contribution >= 4 is 23.5 Å². The van der Waals surface area contributed by atoms with Crippen LogP contribution in [0, 0.1) is 0 Å². The lowest BCUT2D eigenvalue weighted by Crippen LogP contribution is -2.22. The van der Waals surface area contributed by atoms with E-state index in [0.29, 0.717) is 11.4 Å². The van der Waals surface area contributed by atoms with Gasteiger partial charge in [0.15, 0.2) is 6.61 Å². The number of nitrogens with one attached hydrogen (secondary N) is 1. The minimum absolute atomic E-state index is 0.124. The zero-order valence-corrected chi connectivity index (χ0v) is 10.7. The fourth-order valence-electron chi connectivity index (χ4n) is 1.37. The molecule has 0 heterocycles. The lowest BCUT2D eigenvalue weighted by Gasteiger charge is -2.11. The Balaban J connectivity index is 2.87. The number of carbonyl (C=O) groups excluding carboxylic acids is 2. The van der Waals surface area contributed by atoms with Crippen LogP contribution in [-0.2, 0) is 14.3 Å². The van der Waals surface area contributed by atoms with Crippen LogP contribution in [0.15, 0.2) is 18.2 Å². The standard InChI is InChI=1S/C12H14N2O6/c1-19-9-3-2-7(12(18)20-6-11(16)17)4-8(9)14-5-10(13)15/h2-4,14H,5-6H2,1H3,(H2,13,15)(H,16,17). The molecule has 8 heteroatoms. The van der Waals surface area contributed by atoms with Crippen molar-refractivity contribution < 1.29 is 29.0 Å². The summed E-state index contributed by atoms with van der Waals surface area (Å²) in [6, 6.07) is 4.28. The predicted octanol–water partition coefficient (Wildman–Crippen LogP) is -0.166. The van der Waals surface area contributed by atoms with E-state index < -0.39 is 24.5 Å². The second-order valence-electron chi connectivity index (χ2n) is 3.70. The Morgan fingerprint density at radius 3 is 2.60 bits per heavy atom. The first kappa shape index (κ1) is 15.3. The normalized spacial score (nSPS) is 9.65. The van der Waals surface area contributed by atoms with E-state index in [1.54, 1.807) is 0 Å². The molecular formula is C12H14N2O6. The number of amides is 1. The second kappa shape index (κ2) is 6.98. The molecule has 1 aromatic carbocycles. The van der Waals surface area contributed by atoms with E-state index >= 15 is 0 Å². The highest BCUT2D eigenvalue weighted by molar-refractivity contribution is 5.92. The molecule has 1 aromatic rings. The van der Waals surface area contributed by atoms with E-state index in [0.717, 1.165) is 0 Å². The quantitative estimate of drug-likeness (QED) is 0.592. The van der Waals surface area contributed by atoms with E-state index in [-0.39, 0.29) is 12.1 Å². The lowest BCUT2D eigenvalue weighted by atomic mass is 10.2. The molecular weight excluding hydrogens is 268 g/mol. The summed E-state index contributed by atoms with van der Waals surface area (Å²) in [4.78, 5) is 32.6. The number of aliphatic carboxylic acids is 1. The van der Waals surface area contributed by atoms with Crippen molar-refractivity contribution in [2.24, 2.45) is 5.73 Å². The predicted molar refractivity (Wildman–Crippen MR) is 68.6 cm³/mol. The Morgan fingerprint density at radius 1 is 1.35 bits per heavy atom. The Morgan fingerprint density at radius 2 is 2.05 bits per heavy atom. The van der Waals surface area contributed by atoms with Crippen LogP contribution in [0.5, 0.6) is 5.75 Å². The van der Waals surface area contributed by atoms with Crippen LogP contribution in [0.2, 0.25) is 0 Å². The first-order valence-corrected chi connectivity index (χ1v) is 5.53. The summed E-state index contributed by atoms with van der Waals surface area (Å²) >= 11 is 0. The highest BCUT2D eigenvalue weighted by Crippen LogP contribution is 2.25. The van der Waals surface area contributed by atoms with Crippen LogP contribution in [-0.4, -0.2) is 43.2 Å². The summed E-state index contributed by atoms with van der Waals surface area (Å²) < 4.78 is 9.59. The molecule has 0 saturated heterocycles. The van der Waals surface area contributed by atoms with E-state index in [1.807, 2.05) is 0 Å². The van der Waals surface area contributed by atoms with E-state index in [9.17, 15) is 14.4 Å². The molecule has 0 bridgehead atoms. The Bertz CT molecular complexity index is 529. The van der Waals surface area contributed by atoms with Gasteiger partial charge in [0.05, 0.1) is 24.9 Å². The van der Waals surface area contributed by atoms with Gasteiger partial charge in [-0.25, -0.2) is 9.59 Å². The molecule has 0 aliphatic heterocycles. The summed E-state index contributed by atoms with van der Waals surface area (Å²) in [6.07, 6.45) is 0. The maximum absolute atomic E-state index is 11.6. The molecule has 0 radical (unpaired) electrons. The van der Waals surface area contributed by atoms with Crippen molar-refractivity contribution in [3.63, 3.8) is 0 Å². The number of carboxylic acid groups (broad SMARTS) is 1. The molecule has 0 unspecified atom stereocenters. The Kier molecular flexibility index (Phi) is 5.33. The van der Waals surface area contributed by atoms with Crippen molar-refractivity contribution in [1.29, 1.82) is 0 Å². The van der Waals surface area contributed by atoms with Gasteiger partial charge in [-0.15, -0.1) is 0 Å². The lowest BCUT2D eigenvalue weighted by molar-refractivity contribution is -0.140. The average Bonchev–Trinajstić information content (AvgIpc) is 2.41. The minimum atomic E-state index is -1.25. The summed E-state index contributed by atoms with van der Waals surface area (Å²) in [7, 11) is 1.42. The average molecular weight is 282 g/mol. The van der Waals surface area contributed by atoms with Crippen molar-refractivity contribution in [2.45, 2.75) is 0 Å². The van der Waals surface area contributed by atoms with Gasteiger partial charge in [0.1, 0.15) is 5.75 Å². The molecule has 8 nitrogen and oxygen atoms in total. The van der Waals surface area contributed by atoms with Crippen LogP contribution < -0.4 is 15.8 Å². The number of rotatable bonds is 7. The van der Waals surface area contributed by atoms with Crippen LogP contribution in [0.4, 0.5) is 5.69 Å². The van der Waals surface area contributed by atoms with Gasteiger partial charge in [0.25, 0.3) is 0 Å². The summed E-state index contributed by atoms with van der Waals surface area (Å²) in [5.74, 6) is -2.22. The van der Waals surface area contributed by atoms with Gasteiger partial charge < -0.3 is 25.6 Å². The molecule has 0 fully saturated rings. The zero-order chi connectivity index (χ0) is 15.1. The second-order valence-corrected chi connectivity index (χ2v) is 3.70. The largest absolute Gasteiger partial charge is 0.495 e. The van der Waals surface area contributed by atoms with Crippen molar-refractivity contribution in [2.75, 3.05) is 25.6 Å². The molecule has 4 N–H and O–H groups in total. The van der Waals surface area contributed by atoms with Crippen molar-refractivity contribution in [3.05, 3.63) is 23.8 Å². The maximum atomic E-state index is 11.6. The van der Waals surface area contributed by atoms with Crippen LogP contribution in [0.25, 0.3) is 0 Å². The molecule has 0 saturated carbocycles. The van der Waals surface area contributed by atoms with Crippen LogP contribution in [0.1, 0.15) is 10.4 Å². The highest BCUT2D eigenvalue weighted by atomic mass is 16.5. The summed E-state index contributed by atoms with van der Waals surface area (Å²) in [5.41, 5.74) is 5.51. The number of carboxylic acids is 1. The van der Waals surface area contributed by atoms with Gasteiger partial charge in [-0.3, -0.25) is 4.79 Å². The van der Waals surface area contributed by atoms with Crippen LogP contribution >= 0.6 is 0 Å². The first-order chi connectivity index (χ1) is 9.43. The molecule has 0 spiro atoms. The van der Waals surface area contributed by atoms with Crippen molar-refractivity contribution in [3.8, 4) is 5.75 Å². The fourth-order valence-corrected chi connectivity index (χ4v) is 1.37. The van der Waals surface area contributed by atoms with Gasteiger partial charge in [0.2, 0.25) is 5.91 Å². The van der Waals surface area contributed by atoms with E-state index in [4.69, 9.17) is 15.6 Å². The molecule has 0 atom stereocenters. The summed E-state index contributed by atoms with van der Waals surface area (Å²) in [6.45, 7) is -0.862. The van der Waals surface area contributed by atoms with E-state index in [2.05, 4.69) is 10.1 Å². The van der Waals surface area contributed by atoms with Gasteiger partial charge in [-0.05, 0) is 18.2 Å². The fraction of sp³-hybridized carbons (Fsp3) is 0.250. The Labute approximate surface area is 114 Å². The molecule has 20 heavy (non-hydrogen) atoms. The molecule has 1 rings (SSSR count). The number of nitrogens with two attached hydrogens (primary N) is 1. The summed E-state index contributed by atoms with van der Waals surface area (Å²) in [5, 5.41) is 11.1. The monoisotopic (exact) mass is 282 g/mol. The number of carbonyl (C=O) groups is 3. The zero-order valence-electron chi connectivity index (χ0n) is 10.7.